The Kier molecular flexibility index (Phi) is 5.65. The van der Waals surface area contributed by atoms with Gasteiger partial charge in [-0.3, -0.25) is 4.79 Å². The van der Waals surface area contributed by atoms with Crippen LogP contribution in [0.2, 0.25) is 0 Å². The van der Waals surface area contributed by atoms with Gasteiger partial charge in [0.1, 0.15) is 11.9 Å². The van der Waals surface area contributed by atoms with Crippen LogP contribution >= 0.6 is 15.9 Å². The van der Waals surface area contributed by atoms with Crippen LogP contribution in [0, 0.1) is 0 Å². The van der Waals surface area contributed by atoms with Crippen molar-refractivity contribution in [2.75, 3.05) is 13.7 Å². The average Bonchev–Trinajstić information content (AvgIpc) is 2.29. The minimum atomic E-state index is -0.553. The van der Waals surface area contributed by atoms with Crippen molar-refractivity contribution in [3.05, 3.63) is 28.2 Å². The van der Waals surface area contributed by atoms with E-state index in [1.54, 1.807) is 7.11 Å². The minimum Gasteiger partial charge on any atom is -0.496 e. The van der Waals surface area contributed by atoms with E-state index >= 15 is 0 Å². The molecule has 0 saturated carbocycles. The number of carbonyl (C=O) groups excluding carboxylic acids is 1. The van der Waals surface area contributed by atoms with Crippen molar-refractivity contribution in [3.63, 3.8) is 0 Å². The maximum absolute atomic E-state index is 11.6. The quantitative estimate of drug-likeness (QED) is 0.806. The number of benzene rings is 1. The van der Waals surface area contributed by atoms with E-state index in [-0.39, 0.29) is 5.78 Å². The number of hydrogen-bond donors (Lipinski definition) is 0. The molecule has 0 aliphatic rings. The van der Waals surface area contributed by atoms with Gasteiger partial charge in [-0.25, -0.2) is 0 Å². The molecule has 1 unspecified atom stereocenters. The molecule has 1 atom stereocenters. The van der Waals surface area contributed by atoms with Gasteiger partial charge >= 0.3 is 0 Å². The maximum Gasteiger partial charge on any atom is 0.163 e. The van der Waals surface area contributed by atoms with Crippen LogP contribution in [-0.4, -0.2) is 19.5 Å². The summed E-state index contributed by atoms with van der Waals surface area (Å²) in [5.41, 5.74) is 0.767. The van der Waals surface area contributed by atoms with Gasteiger partial charge in [-0.1, -0.05) is 22.9 Å². The summed E-state index contributed by atoms with van der Waals surface area (Å²) in [6.45, 7) is 4.09. The van der Waals surface area contributed by atoms with E-state index in [0.717, 1.165) is 16.5 Å². The number of halogens is 1. The molecule has 1 aromatic carbocycles. The van der Waals surface area contributed by atoms with Crippen LogP contribution in [0.25, 0.3) is 0 Å². The zero-order valence-corrected chi connectivity index (χ0v) is 11.9. The number of ether oxygens (including phenoxy) is 2. The summed E-state index contributed by atoms with van der Waals surface area (Å²) in [7, 11) is 1.59. The van der Waals surface area contributed by atoms with Gasteiger partial charge in [0.05, 0.1) is 7.11 Å². The molecule has 1 rings (SSSR count). The summed E-state index contributed by atoms with van der Waals surface area (Å²) in [4.78, 5) is 11.6. The van der Waals surface area contributed by atoms with Gasteiger partial charge in [-0.15, -0.1) is 0 Å². The molecular weight excluding hydrogens is 284 g/mol. The standard InChI is InChI=1S/C13H17BrO3/c1-4-7-17-13(9(2)15)11-8-10(14)5-6-12(11)16-3/h5-6,8,13H,4,7H2,1-3H3. The van der Waals surface area contributed by atoms with Crippen LogP contribution in [0.5, 0.6) is 5.75 Å². The molecule has 4 heteroatoms. The highest BCUT2D eigenvalue weighted by atomic mass is 79.9. The number of methoxy groups -OCH3 is 1. The maximum atomic E-state index is 11.6. The van der Waals surface area contributed by atoms with E-state index in [2.05, 4.69) is 15.9 Å². The Hall–Kier alpha value is -0.870. The highest BCUT2D eigenvalue weighted by Gasteiger charge is 2.21. The molecule has 17 heavy (non-hydrogen) atoms. The third-order valence-corrected chi connectivity index (χ3v) is 2.83. The van der Waals surface area contributed by atoms with Crippen molar-refractivity contribution in [1.82, 2.24) is 0 Å². The Bertz CT molecular complexity index is 390. The molecule has 1 aromatic rings. The molecule has 0 N–H and O–H groups in total. The highest BCUT2D eigenvalue weighted by Crippen LogP contribution is 2.31. The second-order valence-corrected chi connectivity index (χ2v) is 4.66. The second kappa shape index (κ2) is 6.77. The van der Waals surface area contributed by atoms with Crippen LogP contribution in [0.3, 0.4) is 0 Å². The van der Waals surface area contributed by atoms with E-state index in [9.17, 15) is 4.79 Å². The van der Waals surface area contributed by atoms with E-state index in [1.807, 2.05) is 25.1 Å². The number of Topliss-reactive ketones (excluding diaryl/α,β-unsaturated/α-hetero) is 1. The summed E-state index contributed by atoms with van der Waals surface area (Å²) < 4.78 is 11.7. The van der Waals surface area contributed by atoms with Gasteiger partial charge in [-0.2, -0.15) is 0 Å². The summed E-state index contributed by atoms with van der Waals surface area (Å²) in [5.74, 6) is 0.652. The predicted octanol–water partition coefficient (Wildman–Crippen LogP) is 3.51. The lowest BCUT2D eigenvalue weighted by Crippen LogP contribution is -2.14. The molecule has 3 nitrogen and oxygen atoms in total. The van der Waals surface area contributed by atoms with Crippen LogP contribution in [0.4, 0.5) is 0 Å². The summed E-state index contributed by atoms with van der Waals surface area (Å²) in [6.07, 6.45) is 0.322. The Morgan fingerprint density at radius 2 is 2.18 bits per heavy atom. The molecule has 0 aliphatic heterocycles. The van der Waals surface area contributed by atoms with Gasteiger partial charge < -0.3 is 9.47 Å². The van der Waals surface area contributed by atoms with E-state index < -0.39 is 6.10 Å². The smallest absolute Gasteiger partial charge is 0.163 e. The minimum absolute atomic E-state index is 0.0187. The fourth-order valence-corrected chi connectivity index (χ4v) is 1.95. The van der Waals surface area contributed by atoms with Crippen LogP contribution < -0.4 is 4.74 Å². The topological polar surface area (TPSA) is 35.5 Å². The highest BCUT2D eigenvalue weighted by molar-refractivity contribution is 9.10. The third kappa shape index (κ3) is 3.82. The van der Waals surface area contributed by atoms with Crippen LogP contribution in [0.1, 0.15) is 31.9 Å². The molecule has 94 valence electrons. The summed E-state index contributed by atoms with van der Waals surface area (Å²) in [6, 6.07) is 5.56. The Morgan fingerprint density at radius 3 is 2.71 bits per heavy atom. The molecule has 0 aromatic heterocycles. The van der Waals surface area contributed by atoms with E-state index in [4.69, 9.17) is 9.47 Å². The van der Waals surface area contributed by atoms with Crippen LogP contribution in [-0.2, 0) is 9.53 Å². The molecular formula is C13H17BrO3. The van der Waals surface area contributed by atoms with Crippen molar-refractivity contribution in [2.24, 2.45) is 0 Å². The van der Waals surface area contributed by atoms with E-state index in [0.29, 0.717) is 12.4 Å². The Morgan fingerprint density at radius 1 is 1.47 bits per heavy atom. The van der Waals surface area contributed by atoms with Crippen molar-refractivity contribution < 1.29 is 14.3 Å². The number of carbonyl (C=O) groups is 1. The number of rotatable bonds is 6. The first-order valence-corrected chi connectivity index (χ1v) is 6.35. The van der Waals surface area contributed by atoms with Crippen LogP contribution in [0.15, 0.2) is 22.7 Å². The molecule has 0 amide bonds. The molecule has 0 spiro atoms. The largest absolute Gasteiger partial charge is 0.496 e. The molecule has 0 radical (unpaired) electrons. The molecule has 0 aliphatic carbocycles. The number of hydrogen-bond acceptors (Lipinski definition) is 3. The van der Waals surface area contributed by atoms with Gasteiger partial charge in [0, 0.05) is 16.6 Å². The first-order chi connectivity index (χ1) is 8.10. The SMILES string of the molecule is CCCOC(C(C)=O)c1cc(Br)ccc1OC. The fraction of sp³-hybridized carbons (Fsp3) is 0.462. The zero-order valence-electron chi connectivity index (χ0n) is 10.3. The lowest BCUT2D eigenvalue weighted by molar-refractivity contribution is -0.128. The fourth-order valence-electron chi connectivity index (χ4n) is 1.57. The van der Waals surface area contributed by atoms with Gasteiger partial charge in [-0.05, 0) is 31.5 Å². The monoisotopic (exact) mass is 300 g/mol. The second-order valence-electron chi connectivity index (χ2n) is 3.75. The van der Waals surface area contributed by atoms with Crippen molar-refractivity contribution in [2.45, 2.75) is 26.4 Å². The number of ketones is 1. The average molecular weight is 301 g/mol. The first kappa shape index (κ1) is 14.2. The molecule has 0 fully saturated rings. The van der Waals surface area contributed by atoms with Gasteiger partial charge in [0.15, 0.2) is 5.78 Å². The van der Waals surface area contributed by atoms with Gasteiger partial charge in [0.2, 0.25) is 0 Å². The Balaban J connectivity index is 3.07. The predicted molar refractivity (Wildman–Crippen MR) is 70.4 cm³/mol. The van der Waals surface area contributed by atoms with Crippen molar-refractivity contribution in [1.29, 1.82) is 0 Å². The van der Waals surface area contributed by atoms with E-state index in [1.165, 1.54) is 6.92 Å². The van der Waals surface area contributed by atoms with Crippen molar-refractivity contribution in [3.8, 4) is 5.75 Å². The molecule has 0 saturated heterocycles. The molecule has 0 heterocycles. The first-order valence-electron chi connectivity index (χ1n) is 5.55. The zero-order chi connectivity index (χ0) is 12.8. The summed E-state index contributed by atoms with van der Waals surface area (Å²) in [5, 5.41) is 0. The lowest BCUT2D eigenvalue weighted by atomic mass is 10.1. The van der Waals surface area contributed by atoms with Crippen molar-refractivity contribution >= 4 is 21.7 Å². The summed E-state index contributed by atoms with van der Waals surface area (Å²) >= 11 is 3.39. The normalized spacial score (nSPS) is 12.2. The molecule has 0 bridgehead atoms. The van der Waals surface area contributed by atoms with Gasteiger partial charge in [0.25, 0.3) is 0 Å². The Labute approximate surface area is 110 Å². The third-order valence-electron chi connectivity index (χ3n) is 2.33. The lowest BCUT2D eigenvalue weighted by Gasteiger charge is -2.18.